The van der Waals surface area contributed by atoms with E-state index in [4.69, 9.17) is 5.11 Å². The van der Waals surface area contributed by atoms with Crippen LogP contribution in [0.25, 0.3) is 10.9 Å². The number of H-pyrrole nitrogens is 1. The Hall–Kier alpha value is -1.32. The molecule has 3 N–H and O–H groups in total. The molecular formula is C15H22N2O. The summed E-state index contributed by atoms with van der Waals surface area (Å²) in [4.78, 5) is 3.23. The molecule has 0 fully saturated rings. The first-order valence-corrected chi connectivity index (χ1v) is 6.49. The average molecular weight is 246 g/mol. The van der Waals surface area contributed by atoms with Gasteiger partial charge in [-0.3, -0.25) is 0 Å². The number of rotatable bonds is 6. The molecule has 1 aromatic heterocycles. The van der Waals surface area contributed by atoms with Gasteiger partial charge in [0, 0.05) is 36.8 Å². The fraction of sp³-hybridized carbons (Fsp3) is 0.467. The van der Waals surface area contributed by atoms with E-state index in [-0.39, 0.29) is 12.0 Å². The lowest BCUT2D eigenvalue weighted by Crippen LogP contribution is -2.29. The van der Waals surface area contributed by atoms with Crippen LogP contribution in [0.15, 0.2) is 30.5 Å². The fourth-order valence-electron chi connectivity index (χ4n) is 2.23. The maximum Gasteiger partial charge on any atom is 0.0457 e. The number of aliphatic hydroxyl groups excluding tert-OH is 1. The van der Waals surface area contributed by atoms with Gasteiger partial charge in [-0.1, -0.05) is 26.0 Å². The van der Waals surface area contributed by atoms with E-state index in [1.807, 2.05) is 6.20 Å². The Morgan fingerprint density at radius 1 is 1.28 bits per heavy atom. The summed E-state index contributed by atoms with van der Waals surface area (Å²) in [6, 6.07) is 8.44. The van der Waals surface area contributed by atoms with E-state index in [2.05, 4.69) is 48.4 Å². The molecule has 0 amide bonds. The first-order chi connectivity index (χ1) is 8.62. The number of aromatic amines is 1. The highest BCUT2D eigenvalue weighted by Gasteiger charge is 2.16. The number of fused-ring (bicyclic) bond motifs is 1. The summed E-state index contributed by atoms with van der Waals surface area (Å²) in [7, 11) is 0. The normalized spacial score (nSPS) is 12.2. The van der Waals surface area contributed by atoms with E-state index in [1.165, 1.54) is 16.5 Å². The van der Waals surface area contributed by atoms with E-state index in [0.29, 0.717) is 0 Å². The molecule has 3 heteroatoms. The van der Waals surface area contributed by atoms with Crippen molar-refractivity contribution in [1.29, 1.82) is 0 Å². The van der Waals surface area contributed by atoms with Gasteiger partial charge >= 0.3 is 0 Å². The van der Waals surface area contributed by atoms with E-state index >= 15 is 0 Å². The Morgan fingerprint density at radius 3 is 2.89 bits per heavy atom. The predicted octanol–water partition coefficient (Wildman–Crippen LogP) is 2.67. The zero-order chi connectivity index (χ0) is 13.0. The molecule has 2 aromatic rings. The van der Waals surface area contributed by atoms with Crippen LogP contribution in [0.1, 0.15) is 25.8 Å². The van der Waals surface area contributed by atoms with Gasteiger partial charge in [-0.05, 0) is 29.5 Å². The smallest absolute Gasteiger partial charge is 0.0457 e. The van der Waals surface area contributed by atoms with Gasteiger partial charge in [0.05, 0.1) is 0 Å². The molecule has 0 aliphatic rings. The number of nitrogens with one attached hydrogen (secondary N) is 2. The molecule has 0 aliphatic carbocycles. The van der Waals surface area contributed by atoms with Gasteiger partial charge in [0.25, 0.3) is 0 Å². The molecule has 1 aromatic carbocycles. The minimum absolute atomic E-state index is 0.140. The van der Waals surface area contributed by atoms with E-state index in [9.17, 15) is 0 Å². The molecule has 0 radical (unpaired) electrons. The molecule has 2 rings (SSSR count). The summed E-state index contributed by atoms with van der Waals surface area (Å²) in [5, 5.41) is 13.8. The Kier molecular flexibility index (Phi) is 4.04. The van der Waals surface area contributed by atoms with Crippen molar-refractivity contribution in [2.24, 2.45) is 5.41 Å². The highest BCUT2D eigenvalue weighted by molar-refractivity contribution is 5.82. The van der Waals surface area contributed by atoms with Gasteiger partial charge in [-0.2, -0.15) is 0 Å². The molecule has 0 aliphatic heterocycles. The topological polar surface area (TPSA) is 48.0 Å². The Balaban J connectivity index is 1.96. The van der Waals surface area contributed by atoms with Gasteiger partial charge in [-0.15, -0.1) is 0 Å². The SMILES string of the molecule is CC(C)(CCO)CNCc1cccc2[nH]ccc12. The first-order valence-electron chi connectivity index (χ1n) is 6.49. The van der Waals surface area contributed by atoms with Crippen LogP contribution >= 0.6 is 0 Å². The van der Waals surface area contributed by atoms with Crippen molar-refractivity contribution < 1.29 is 5.11 Å². The van der Waals surface area contributed by atoms with Crippen molar-refractivity contribution in [1.82, 2.24) is 10.3 Å². The van der Waals surface area contributed by atoms with Crippen LogP contribution in [0.2, 0.25) is 0 Å². The lowest BCUT2D eigenvalue weighted by molar-refractivity contribution is 0.207. The third-order valence-electron chi connectivity index (χ3n) is 3.39. The third kappa shape index (κ3) is 3.12. The lowest BCUT2D eigenvalue weighted by Gasteiger charge is -2.24. The van der Waals surface area contributed by atoms with Gasteiger partial charge < -0.3 is 15.4 Å². The lowest BCUT2D eigenvalue weighted by atomic mass is 9.89. The highest BCUT2D eigenvalue weighted by Crippen LogP contribution is 2.20. The van der Waals surface area contributed by atoms with Crippen LogP contribution in [0.4, 0.5) is 0 Å². The Labute approximate surface area is 108 Å². The molecule has 0 saturated carbocycles. The summed E-state index contributed by atoms with van der Waals surface area (Å²) in [6.07, 6.45) is 2.80. The molecule has 0 unspecified atom stereocenters. The first kappa shape index (κ1) is 13.1. The van der Waals surface area contributed by atoms with Crippen molar-refractivity contribution in [2.75, 3.05) is 13.2 Å². The van der Waals surface area contributed by atoms with Crippen LogP contribution in [0.5, 0.6) is 0 Å². The number of benzene rings is 1. The zero-order valence-electron chi connectivity index (χ0n) is 11.2. The molecular weight excluding hydrogens is 224 g/mol. The second kappa shape index (κ2) is 5.55. The van der Waals surface area contributed by atoms with Gasteiger partial charge in [0.2, 0.25) is 0 Å². The molecule has 98 valence electrons. The standard InChI is InChI=1S/C15H22N2O/c1-15(2,7-9-18)11-16-10-12-4-3-5-14-13(12)6-8-17-14/h3-6,8,16-18H,7,9-11H2,1-2H3. The zero-order valence-corrected chi connectivity index (χ0v) is 11.2. The largest absolute Gasteiger partial charge is 0.396 e. The van der Waals surface area contributed by atoms with E-state index in [0.717, 1.165) is 19.5 Å². The number of hydrogen-bond donors (Lipinski definition) is 3. The summed E-state index contributed by atoms with van der Waals surface area (Å²) in [5.74, 6) is 0. The van der Waals surface area contributed by atoms with Gasteiger partial charge in [0.15, 0.2) is 0 Å². The predicted molar refractivity (Wildman–Crippen MR) is 75.5 cm³/mol. The Morgan fingerprint density at radius 2 is 2.11 bits per heavy atom. The number of aromatic nitrogens is 1. The quantitative estimate of drug-likeness (QED) is 0.734. The second-order valence-corrected chi connectivity index (χ2v) is 5.60. The molecule has 3 nitrogen and oxygen atoms in total. The van der Waals surface area contributed by atoms with E-state index in [1.54, 1.807) is 0 Å². The fourth-order valence-corrected chi connectivity index (χ4v) is 2.23. The van der Waals surface area contributed by atoms with Gasteiger partial charge in [0.1, 0.15) is 0 Å². The number of hydrogen-bond acceptors (Lipinski definition) is 2. The van der Waals surface area contributed by atoms with Crippen LogP contribution in [0.3, 0.4) is 0 Å². The maximum absolute atomic E-state index is 9.00. The molecule has 0 atom stereocenters. The summed E-state index contributed by atoms with van der Waals surface area (Å²) >= 11 is 0. The molecule has 18 heavy (non-hydrogen) atoms. The number of aliphatic hydroxyl groups is 1. The van der Waals surface area contributed by atoms with Crippen LogP contribution < -0.4 is 5.32 Å². The third-order valence-corrected chi connectivity index (χ3v) is 3.39. The van der Waals surface area contributed by atoms with Crippen molar-refractivity contribution >= 4 is 10.9 Å². The average Bonchev–Trinajstić information content (AvgIpc) is 2.77. The van der Waals surface area contributed by atoms with Crippen molar-refractivity contribution in [3.63, 3.8) is 0 Å². The molecule has 0 saturated heterocycles. The molecule has 0 spiro atoms. The minimum atomic E-state index is 0.140. The molecule has 0 bridgehead atoms. The summed E-state index contributed by atoms with van der Waals surface area (Å²) in [6.45, 7) is 6.38. The minimum Gasteiger partial charge on any atom is -0.396 e. The molecule has 1 heterocycles. The maximum atomic E-state index is 9.00. The highest BCUT2D eigenvalue weighted by atomic mass is 16.3. The Bertz CT molecular complexity index is 502. The summed E-state index contributed by atoms with van der Waals surface area (Å²) in [5.41, 5.74) is 2.64. The van der Waals surface area contributed by atoms with Crippen LogP contribution in [0, 0.1) is 5.41 Å². The van der Waals surface area contributed by atoms with Crippen molar-refractivity contribution in [2.45, 2.75) is 26.8 Å². The van der Waals surface area contributed by atoms with Crippen molar-refractivity contribution in [3.8, 4) is 0 Å². The summed E-state index contributed by atoms with van der Waals surface area (Å²) < 4.78 is 0. The second-order valence-electron chi connectivity index (χ2n) is 5.60. The van der Waals surface area contributed by atoms with Crippen LogP contribution in [-0.2, 0) is 6.54 Å². The van der Waals surface area contributed by atoms with Gasteiger partial charge in [-0.25, -0.2) is 0 Å². The van der Waals surface area contributed by atoms with E-state index < -0.39 is 0 Å². The monoisotopic (exact) mass is 246 g/mol. The van der Waals surface area contributed by atoms with Crippen molar-refractivity contribution in [3.05, 3.63) is 36.0 Å². The van der Waals surface area contributed by atoms with Crippen LogP contribution in [-0.4, -0.2) is 23.2 Å².